The molecule has 5 heteroatoms. The quantitative estimate of drug-likeness (QED) is 0.150. The number of unbranched alkanes of at least 4 members (excludes halogenated alkanes) is 2. The molecule has 52 heavy (non-hydrogen) atoms. The number of hydrogen-bond donors (Lipinski definition) is 0. The Morgan fingerprint density at radius 1 is 0.635 bits per heavy atom. The molecule has 0 spiro atoms. The van der Waals surface area contributed by atoms with Gasteiger partial charge in [-0.2, -0.15) is 0 Å². The van der Waals surface area contributed by atoms with Crippen LogP contribution in [-0.2, 0) is 32.1 Å². The van der Waals surface area contributed by atoms with E-state index in [9.17, 15) is 0 Å². The molecule has 0 saturated heterocycles. The molecule has 0 N–H and O–H groups in total. The van der Waals surface area contributed by atoms with Crippen molar-refractivity contribution in [2.24, 2.45) is 0 Å². The zero-order chi connectivity index (χ0) is 35.8. The Kier molecular flexibility index (Phi) is 14.7. The summed E-state index contributed by atoms with van der Waals surface area (Å²) >= 11 is 10.4. The van der Waals surface area contributed by atoms with Crippen molar-refractivity contribution < 1.29 is 46.1 Å². The fourth-order valence-corrected chi connectivity index (χ4v) is 17.8. The molecule has 0 fully saturated rings. The molecular weight excluding hydrogens is 798 g/mol. The molecule has 4 aromatic rings. The molecule has 6 rings (SSSR count). The first kappa shape index (κ1) is 43.0. The van der Waals surface area contributed by atoms with Gasteiger partial charge in [-0.3, -0.25) is 0 Å². The van der Waals surface area contributed by atoms with Crippen molar-refractivity contribution in [1.82, 2.24) is 0 Å². The minimum absolute atomic E-state index is 0. The number of hydrogen-bond acceptors (Lipinski definition) is 0. The van der Waals surface area contributed by atoms with Crippen LogP contribution in [0, 0.1) is 0 Å². The first-order chi connectivity index (χ1) is 23.8. The van der Waals surface area contributed by atoms with Crippen molar-refractivity contribution >= 4 is 26.4 Å². The van der Waals surface area contributed by atoms with E-state index in [4.69, 9.17) is 23.2 Å². The van der Waals surface area contributed by atoms with Crippen LogP contribution in [0.2, 0.25) is 10.0 Å². The van der Waals surface area contributed by atoms with Crippen molar-refractivity contribution in [3.05, 3.63) is 127 Å². The predicted octanol–water partition coefficient (Wildman–Crippen LogP) is 9.02. The van der Waals surface area contributed by atoms with Crippen LogP contribution in [0.25, 0.3) is 33.4 Å². The second-order valence-corrected chi connectivity index (χ2v) is 24.1. The predicted molar refractivity (Wildman–Crippen MR) is 218 cm³/mol. The average molecular weight is 852 g/mol. The third kappa shape index (κ3) is 9.03. The topological polar surface area (TPSA) is 0 Å². The Morgan fingerprint density at radius 2 is 1.06 bits per heavy atom. The molecule has 0 aromatic heterocycles. The van der Waals surface area contributed by atoms with Crippen LogP contribution in [0.3, 0.4) is 0 Å². The molecule has 4 aromatic carbocycles. The normalized spacial score (nSPS) is 13.4. The first-order valence-corrected chi connectivity index (χ1v) is 23.4. The summed E-state index contributed by atoms with van der Waals surface area (Å²) in [6.45, 7) is 18.9. The molecule has 274 valence electrons. The summed E-state index contributed by atoms with van der Waals surface area (Å²) in [5.41, 5.74) is 14.0. The van der Waals surface area contributed by atoms with Crippen molar-refractivity contribution in [2.75, 3.05) is 0 Å². The van der Waals surface area contributed by atoms with Gasteiger partial charge in [0.05, 0.1) is 0 Å². The fourth-order valence-electron chi connectivity index (χ4n) is 8.07. The van der Waals surface area contributed by atoms with Gasteiger partial charge in [-0.25, -0.2) is 0 Å². The zero-order valence-electron chi connectivity index (χ0n) is 32.2. The van der Waals surface area contributed by atoms with Crippen LogP contribution >= 0.6 is 23.2 Å². The van der Waals surface area contributed by atoms with Crippen LogP contribution in [0.15, 0.2) is 94.3 Å². The minimum atomic E-state index is -2.52. The minimum Gasteiger partial charge on any atom is -1.00 e. The van der Waals surface area contributed by atoms with Crippen molar-refractivity contribution in [2.45, 2.75) is 115 Å². The molecule has 0 atom stereocenters. The Bertz CT molecular complexity index is 1840. The molecule has 0 aliphatic heterocycles. The van der Waals surface area contributed by atoms with Gasteiger partial charge in [-0.1, -0.05) is 0 Å². The van der Waals surface area contributed by atoms with Gasteiger partial charge in [-0.05, 0) is 0 Å². The summed E-state index contributed by atoms with van der Waals surface area (Å²) in [5.74, 6) is 0. The van der Waals surface area contributed by atoms with Crippen molar-refractivity contribution in [3.63, 3.8) is 0 Å². The third-order valence-corrected chi connectivity index (χ3v) is 19.8. The van der Waals surface area contributed by atoms with Gasteiger partial charge in [0.2, 0.25) is 0 Å². The van der Waals surface area contributed by atoms with Crippen molar-refractivity contribution in [3.8, 4) is 33.4 Å². The average Bonchev–Trinajstić information content (AvgIpc) is 3.71. The van der Waals surface area contributed by atoms with Crippen molar-refractivity contribution in [1.29, 1.82) is 0 Å². The van der Waals surface area contributed by atoms with E-state index in [2.05, 4.69) is 122 Å². The monoisotopic (exact) mass is 848 g/mol. The van der Waals surface area contributed by atoms with Gasteiger partial charge in [-0.15, -0.1) is 0 Å². The molecule has 0 bridgehead atoms. The van der Waals surface area contributed by atoms with Crippen LogP contribution in [0.5, 0.6) is 0 Å². The van der Waals surface area contributed by atoms with Gasteiger partial charge in [0.15, 0.2) is 0 Å². The molecule has 0 amide bonds. The Balaban J connectivity index is 0.00000302. The zero-order valence-corrected chi connectivity index (χ0v) is 37.7. The number of halogens is 4. The van der Waals surface area contributed by atoms with Gasteiger partial charge in [0, 0.05) is 0 Å². The van der Waals surface area contributed by atoms with Crippen LogP contribution in [0.1, 0.15) is 126 Å². The first-order valence-electron chi connectivity index (χ1n) is 18.8. The summed E-state index contributed by atoms with van der Waals surface area (Å²) in [7, 11) is 0. The van der Waals surface area contributed by atoms with Crippen LogP contribution in [-0.4, -0.2) is 3.21 Å². The Hall–Kier alpha value is -1.73. The maximum atomic E-state index is 6.45. The second kappa shape index (κ2) is 17.8. The molecule has 2 aliphatic rings. The summed E-state index contributed by atoms with van der Waals surface area (Å²) in [5, 5.41) is 1.56. The standard InChI is InChI=1S/C33H31Cl2.C9H18.C5H5.2ClH.Zr/c1-32(2,3)30-18-26-22(16-28(30)20-7-11-24(34)12-8-20)15-23-17-29(21-9-13-25(35)14-10-21)31(19-27(23)26)33(4,5)6;1-3-5-7-9-8-6-4-2;1-2-4-5-3-1;;;/h7-19H,1-6H3;3-8H2,1-2H3;1-3H,4H2;2*1H;/q;;;;;+2/p-2. The van der Waals surface area contributed by atoms with Crippen LogP contribution < -0.4 is 24.8 Å². The smallest absolute Gasteiger partial charge is 1.00 e. The third-order valence-electron chi connectivity index (χ3n) is 10.7. The largest absolute Gasteiger partial charge is 1.00 e. The van der Waals surface area contributed by atoms with Gasteiger partial charge in [0.1, 0.15) is 0 Å². The molecule has 0 heterocycles. The van der Waals surface area contributed by atoms with E-state index in [0.29, 0.717) is 3.63 Å². The SMILES string of the molecule is CCCC[C](CCCC)=[Zr+2]([C]1=CC=CC1)[CH]1c2cc(-c3ccc(Cl)cc3)c(C(C)(C)C)cc2-c2cc(C(C)(C)C)c(-c3ccc(Cl)cc3)cc21.[Cl-].[Cl-]. The number of fused-ring (bicyclic) bond motifs is 3. The van der Waals surface area contributed by atoms with E-state index >= 15 is 0 Å². The summed E-state index contributed by atoms with van der Waals surface area (Å²) in [6.07, 6.45) is 16.0. The molecule has 0 unspecified atom stereocenters. The van der Waals surface area contributed by atoms with Crippen LogP contribution in [0.4, 0.5) is 0 Å². The molecule has 2 aliphatic carbocycles. The maximum absolute atomic E-state index is 6.45. The van der Waals surface area contributed by atoms with E-state index in [-0.39, 0.29) is 35.6 Å². The van der Waals surface area contributed by atoms with Gasteiger partial charge < -0.3 is 24.8 Å². The summed E-state index contributed by atoms with van der Waals surface area (Å²) in [4.78, 5) is 0. The molecule has 0 saturated carbocycles. The second-order valence-electron chi connectivity index (χ2n) is 16.5. The van der Waals surface area contributed by atoms with E-state index in [1.807, 2.05) is 27.5 Å². The summed E-state index contributed by atoms with van der Waals surface area (Å²) in [6, 6.07) is 27.5. The van der Waals surface area contributed by atoms with E-state index in [1.165, 1.54) is 83.0 Å². The van der Waals surface area contributed by atoms with E-state index in [1.54, 1.807) is 14.4 Å². The van der Waals surface area contributed by atoms with E-state index < -0.39 is 21.3 Å². The van der Waals surface area contributed by atoms with E-state index in [0.717, 1.165) is 16.5 Å². The van der Waals surface area contributed by atoms with Gasteiger partial charge >= 0.3 is 322 Å². The number of benzene rings is 4. The fraction of sp³-hybridized carbons (Fsp3) is 0.383. The Morgan fingerprint density at radius 3 is 1.40 bits per heavy atom. The number of allylic oxidation sites excluding steroid dienone is 4. The Labute approximate surface area is 344 Å². The maximum Gasteiger partial charge on any atom is -1.00 e. The summed E-state index contributed by atoms with van der Waals surface area (Å²) < 4.78 is 4.12. The number of rotatable bonds is 10. The molecule has 0 nitrogen and oxygen atoms in total. The van der Waals surface area contributed by atoms with Gasteiger partial charge in [0.25, 0.3) is 0 Å². The molecular formula is C47H54Cl4Zr. The molecule has 0 radical (unpaired) electrons.